The van der Waals surface area contributed by atoms with Gasteiger partial charge in [-0.15, -0.1) is 0 Å². The Balaban J connectivity index is 1.96. The molecule has 8 heteroatoms. The Morgan fingerprint density at radius 3 is 2.95 bits per heavy atom. The number of nitrogens with one attached hydrogen (secondary N) is 1. The number of imidazole rings is 1. The lowest BCUT2D eigenvalue weighted by Crippen LogP contribution is -2.26. The van der Waals surface area contributed by atoms with E-state index in [1.54, 1.807) is 6.92 Å². The van der Waals surface area contributed by atoms with Crippen molar-refractivity contribution < 1.29 is 14.6 Å². The quantitative estimate of drug-likeness (QED) is 0.611. The molecule has 0 aliphatic carbocycles. The number of nitrogen functional groups attached to an aromatic ring is 1. The number of aryl methyl sites for hydroxylation is 1. The maximum Gasteiger partial charge on any atom is 0.183 e. The molecule has 116 valence electrons. The number of aliphatic hydroxyl groups is 1. The Kier molecular flexibility index (Phi) is 5.43. The third kappa shape index (κ3) is 4.10. The molecule has 0 radical (unpaired) electrons. The second kappa shape index (κ2) is 7.30. The summed E-state index contributed by atoms with van der Waals surface area (Å²) in [6, 6.07) is 0. The van der Waals surface area contributed by atoms with Gasteiger partial charge in [0, 0.05) is 13.0 Å². The van der Waals surface area contributed by atoms with E-state index in [0.29, 0.717) is 42.3 Å². The summed E-state index contributed by atoms with van der Waals surface area (Å²) >= 11 is 0. The van der Waals surface area contributed by atoms with Gasteiger partial charge < -0.3 is 25.3 Å². The van der Waals surface area contributed by atoms with Gasteiger partial charge in [-0.1, -0.05) is 0 Å². The van der Waals surface area contributed by atoms with E-state index in [0.717, 1.165) is 0 Å². The van der Waals surface area contributed by atoms with Crippen LogP contribution in [0.25, 0.3) is 11.2 Å². The highest BCUT2D eigenvalue weighted by Crippen LogP contribution is 2.14. The van der Waals surface area contributed by atoms with Crippen molar-refractivity contribution in [3.05, 3.63) is 12.2 Å². The van der Waals surface area contributed by atoms with Crippen molar-refractivity contribution in [3.63, 3.8) is 0 Å². The first-order chi connectivity index (χ1) is 10.1. The van der Waals surface area contributed by atoms with Gasteiger partial charge in [0.05, 0.1) is 19.0 Å². The number of hydrogen-bond acceptors (Lipinski definition) is 7. The largest absolute Gasteiger partial charge is 0.394 e. The number of nitrogens with two attached hydrogens (primary N) is 1. The zero-order valence-corrected chi connectivity index (χ0v) is 12.2. The average Bonchev–Trinajstić information content (AvgIpc) is 2.92. The van der Waals surface area contributed by atoms with E-state index in [9.17, 15) is 5.11 Å². The number of fused-ring (bicyclic) bond motifs is 1. The molecule has 0 spiro atoms. The summed E-state index contributed by atoms with van der Waals surface area (Å²) in [5, 5.41) is 9.35. The highest BCUT2D eigenvalue weighted by atomic mass is 16.7. The Hall–Kier alpha value is -1.77. The van der Waals surface area contributed by atoms with Crippen LogP contribution in [0.15, 0.2) is 6.33 Å². The second-order valence-electron chi connectivity index (χ2n) is 4.63. The summed E-state index contributed by atoms with van der Waals surface area (Å²) < 4.78 is 10.9. The van der Waals surface area contributed by atoms with Crippen LogP contribution in [0.3, 0.4) is 0 Å². The lowest BCUT2D eigenvalue weighted by Gasteiger charge is -2.20. The van der Waals surface area contributed by atoms with Gasteiger partial charge >= 0.3 is 0 Å². The molecule has 0 aliphatic heterocycles. The van der Waals surface area contributed by atoms with E-state index in [1.165, 1.54) is 6.33 Å². The van der Waals surface area contributed by atoms with Crippen LogP contribution >= 0.6 is 0 Å². The zero-order chi connectivity index (χ0) is 15.2. The fraction of sp³-hybridized carbons (Fsp3) is 0.615. The zero-order valence-electron chi connectivity index (χ0n) is 12.2. The van der Waals surface area contributed by atoms with Crippen LogP contribution in [0.2, 0.25) is 0 Å². The van der Waals surface area contributed by atoms with Gasteiger partial charge in [-0.05, 0) is 20.3 Å². The maximum atomic E-state index is 9.35. The smallest absolute Gasteiger partial charge is 0.183 e. The Bertz CT molecular complexity index is 574. The SMILES string of the molecule is CCOC(C)OC(CO)CCc1nc(N)c2[nH]cnc2n1. The number of rotatable bonds is 8. The Morgan fingerprint density at radius 2 is 2.24 bits per heavy atom. The predicted octanol–water partition coefficient (Wildman–Crippen LogP) is 0.628. The van der Waals surface area contributed by atoms with Gasteiger partial charge in [0.1, 0.15) is 11.3 Å². The van der Waals surface area contributed by atoms with Gasteiger partial charge in [0.2, 0.25) is 0 Å². The third-order valence-electron chi connectivity index (χ3n) is 3.04. The topological polar surface area (TPSA) is 119 Å². The predicted molar refractivity (Wildman–Crippen MR) is 77.5 cm³/mol. The summed E-state index contributed by atoms with van der Waals surface area (Å²) in [5.74, 6) is 0.954. The number of H-pyrrole nitrogens is 1. The summed E-state index contributed by atoms with van der Waals surface area (Å²) in [7, 11) is 0. The molecule has 2 atom stereocenters. The minimum absolute atomic E-state index is 0.0858. The minimum Gasteiger partial charge on any atom is -0.394 e. The normalized spacial score (nSPS) is 14.4. The first kappa shape index (κ1) is 15.6. The standard InChI is InChI=1S/C13H21N5O3/c1-3-20-8(2)21-9(6-19)4-5-10-17-12(14)11-13(18-10)16-7-15-11/h7-9,19H,3-6H2,1-2H3,(H3,14,15,16,17,18). The van der Waals surface area contributed by atoms with Crippen molar-refractivity contribution in [1.82, 2.24) is 19.9 Å². The molecular formula is C13H21N5O3. The first-order valence-corrected chi connectivity index (χ1v) is 6.97. The maximum absolute atomic E-state index is 9.35. The number of aromatic nitrogens is 4. The Morgan fingerprint density at radius 1 is 1.43 bits per heavy atom. The van der Waals surface area contributed by atoms with Crippen molar-refractivity contribution in [2.45, 2.75) is 39.1 Å². The van der Waals surface area contributed by atoms with Crippen molar-refractivity contribution in [2.24, 2.45) is 0 Å². The molecule has 0 fully saturated rings. The van der Waals surface area contributed by atoms with Crippen LogP contribution < -0.4 is 5.73 Å². The number of aromatic amines is 1. The number of hydrogen-bond donors (Lipinski definition) is 3. The molecule has 21 heavy (non-hydrogen) atoms. The molecule has 0 aliphatic rings. The van der Waals surface area contributed by atoms with Gasteiger partial charge in [-0.2, -0.15) is 0 Å². The number of aliphatic hydroxyl groups excluding tert-OH is 1. The summed E-state index contributed by atoms with van der Waals surface area (Å²) in [6.07, 6.45) is 1.96. The number of ether oxygens (including phenoxy) is 2. The fourth-order valence-corrected chi connectivity index (χ4v) is 2.05. The molecule has 8 nitrogen and oxygen atoms in total. The van der Waals surface area contributed by atoms with Crippen molar-refractivity contribution >= 4 is 17.0 Å². The molecule has 2 aromatic rings. The van der Waals surface area contributed by atoms with Gasteiger partial charge in [-0.25, -0.2) is 15.0 Å². The van der Waals surface area contributed by atoms with Crippen LogP contribution in [-0.4, -0.2) is 50.7 Å². The van der Waals surface area contributed by atoms with Crippen molar-refractivity contribution in [3.8, 4) is 0 Å². The molecule has 2 heterocycles. The number of nitrogens with zero attached hydrogens (tertiary/aromatic N) is 3. The van der Waals surface area contributed by atoms with Crippen molar-refractivity contribution in [1.29, 1.82) is 0 Å². The molecule has 2 rings (SSSR count). The van der Waals surface area contributed by atoms with E-state index in [1.807, 2.05) is 6.92 Å². The van der Waals surface area contributed by atoms with Crippen LogP contribution in [-0.2, 0) is 15.9 Å². The summed E-state index contributed by atoms with van der Waals surface area (Å²) in [5.41, 5.74) is 7.02. The van der Waals surface area contributed by atoms with Crippen LogP contribution in [0.4, 0.5) is 5.82 Å². The first-order valence-electron chi connectivity index (χ1n) is 6.97. The second-order valence-corrected chi connectivity index (χ2v) is 4.63. The van der Waals surface area contributed by atoms with Gasteiger partial charge in [0.25, 0.3) is 0 Å². The van der Waals surface area contributed by atoms with E-state index in [2.05, 4.69) is 19.9 Å². The van der Waals surface area contributed by atoms with E-state index < -0.39 is 0 Å². The lowest BCUT2D eigenvalue weighted by molar-refractivity contribution is -0.167. The van der Waals surface area contributed by atoms with Gasteiger partial charge in [-0.3, -0.25) is 0 Å². The molecule has 0 bridgehead atoms. The minimum atomic E-state index is -0.355. The fourth-order valence-electron chi connectivity index (χ4n) is 2.05. The van der Waals surface area contributed by atoms with E-state index in [-0.39, 0.29) is 19.0 Å². The molecule has 0 saturated carbocycles. The van der Waals surface area contributed by atoms with E-state index in [4.69, 9.17) is 15.2 Å². The van der Waals surface area contributed by atoms with Crippen LogP contribution in [0, 0.1) is 0 Å². The third-order valence-corrected chi connectivity index (χ3v) is 3.04. The average molecular weight is 295 g/mol. The van der Waals surface area contributed by atoms with Crippen LogP contribution in [0.1, 0.15) is 26.1 Å². The Labute approximate surface area is 122 Å². The molecule has 4 N–H and O–H groups in total. The molecule has 0 amide bonds. The van der Waals surface area contributed by atoms with Crippen molar-refractivity contribution in [2.75, 3.05) is 18.9 Å². The molecular weight excluding hydrogens is 274 g/mol. The summed E-state index contributed by atoms with van der Waals surface area (Å²) in [6.45, 7) is 4.17. The highest BCUT2D eigenvalue weighted by molar-refractivity contribution is 5.80. The lowest BCUT2D eigenvalue weighted by atomic mass is 10.2. The van der Waals surface area contributed by atoms with Gasteiger partial charge in [0.15, 0.2) is 17.8 Å². The molecule has 0 aromatic carbocycles. The molecule has 2 unspecified atom stereocenters. The number of anilines is 1. The van der Waals surface area contributed by atoms with Crippen LogP contribution in [0.5, 0.6) is 0 Å². The monoisotopic (exact) mass is 295 g/mol. The highest BCUT2D eigenvalue weighted by Gasteiger charge is 2.14. The molecule has 2 aromatic heterocycles. The van der Waals surface area contributed by atoms with E-state index >= 15 is 0 Å². The molecule has 0 saturated heterocycles. The summed E-state index contributed by atoms with van der Waals surface area (Å²) in [4.78, 5) is 15.5.